The van der Waals surface area contributed by atoms with Gasteiger partial charge in [-0.3, -0.25) is 18.6 Å². The molecule has 0 saturated carbocycles. The number of halogens is 1. The van der Waals surface area contributed by atoms with Crippen molar-refractivity contribution in [3.8, 4) is 11.4 Å². The molecular weight excluding hydrogens is 470 g/mol. The van der Waals surface area contributed by atoms with Crippen molar-refractivity contribution in [2.75, 3.05) is 18.2 Å². The molecule has 0 aliphatic heterocycles. The van der Waals surface area contributed by atoms with Gasteiger partial charge in [-0.1, -0.05) is 27.7 Å². The molecule has 8 nitrogen and oxygen atoms in total. The van der Waals surface area contributed by atoms with Crippen LogP contribution >= 0.6 is 27.7 Å². The lowest BCUT2D eigenvalue weighted by atomic mass is 10.3. The van der Waals surface area contributed by atoms with Crippen molar-refractivity contribution < 1.29 is 9.53 Å². The number of hydrogen-bond donors (Lipinski definition) is 1. The molecule has 2 aromatic heterocycles. The highest BCUT2D eigenvalue weighted by atomic mass is 79.9. The first-order chi connectivity index (χ1) is 14.5. The number of thioether (sulfide) groups is 1. The van der Waals surface area contributed by atoms with E-state index in [9.17, 15) is 9.59 Å². The van der Waals surface area contributed by atoms with Crippen LogP contribution in [-0.2, 0) is 4.79 Å². The molecule has 0 bridgehead atoms. The number of ether oxygens (including phenoxy) is 1. The van der Waals surface area contributed by atoms with Crippen LogP contribution in [0, 0.1) is 0 Å². The summed E-state index contributed by atoms with van der Waals surface area (Å²) in [5.74, 6) is 0.666. The van der Waals surface area contributed by atoms with Crippen LogP contribution in [-0.4, -0.2) is 37.9 Å². The zero-order valence-corrected chi connectivity index (χ0v) is 18.2. The summed E-state index contributed by atoms with van der Waals surface area (Å²) in [5.41, 5.74) is 1.28. The van der Waals surface area contributed by atoms with E-state index >= 15 is 0 Å². The fraction of sp³-hybridized carbons (Fsp3) is 0.100. The molecule has 152 valence electrons. The van der Waals surface area contributed by atoms with Crippen LogP contribution < -0.4 is 15.6 Å². The topological polar surface area (TPSA) is 90.5 Å². The molecule has 0 spiro atoms. The van der Waals surface area contributed by atoms with Crippen LogP contribution in [0.4, 0.5) is 5.69 Å². The molecule has 4 aromatic rings. The molecule has 4 rings (SSSR count). The minimum absolute atomic E-state index is 0.137. The number of fused-ring (bicyclic) bond motifs is 1. The van der Waals surface area contributed by atoms with Crippen molar-refractivity contribution in [2.24, 2.45) is 0 Å². The van der Waals surface area contributed by atoms with Gasteiger partial charge in [0, 0.05) is 28.2 Å². The number of anilines is 1. The largest absolute Gasteiger partial charge is 0.497 e. The summed E-state index contributed by atoms with van der Waals surface area (Å²) in [5, 5.41) is 11.4. The van der Waals surface area contributed by atoms with Crippen LogP contribution in [0.1, 0.15) is 0 Å². The Morgan fingerprint density at radius 2 is 1.83 bits per heavy atom. The molecule has 1 amide bonds. The van der Waals surface area contributed by atoms with Crippen molar-refractivity contribution in [3.63, 3.8) is 0 Å². The minimum Gasteiger partial charge on any atom is -0.497 e. The Balaban J connectivity index is 1.50. The number of carbonyl (C=O) groups is 1. The highest BCUT2D eigenvalue weighted by molar-refractivity contribution is 9.10. The van der Waals surface area contributed by atoms with Crippen molar-refractivity contribution in [3.05, 3.63) is 75.8 Å². The van der Waals surface area contributed by atoms with Crippen LogP contribution in [0.2, 0.25) is 0 Å². The smallest absolute Gasteiger partial charge is 0.300 e. The maximum atomic E-state index is 12.8. The molecule has 1 N–H and O–H groups in total. The molecule has 0 unspecified atom stereocenters. The van der Waals surface area contributed by atoms with E-state index in [1.165, 1.54) is 16.3 Å². The number of nitrogens with one attached hydrogen (secondary N) is 1. The van der Waals surface area contributed by atoms with Crippen molar-refractivity contribution in [2.45, 2.75) is 5.16 Å². The van der Waals surface area contributed by atoms with Gasteiger partial charge in [0.15, 0.2) is 5.16 Å². The normalized spacial score (nSPS) is 10.9. The molecule has 0 aliphatic carbocycles. The van der Waals surface area contributed by atoms with E-state index in [-0.39, 0.29) is 22.9 Å². The van der Waals surface area contributed by atoms with E-state index in [4.69, 9.17) is 4.74 Å². The molecule has 0 atom stereocenters. The standard InChI is InChI=1S/C20H16BrN5O3S/c1-29-16-8-6-15(7-9-16)25-10-11-26-18(19(25)28)23-24-20(26)30-12-17(27)22-14-4-2-13(21)3-5-14/h2-11H,12H2,1H3,(H,22,27). The predicted octanol–water partition coefficient (Wildman–Crippen LogP) is 3.38. The minimum atomic E-state index is -0.304. The molecule has 0 fully saturated rings. The number of amides is 1. The fourth-order valence-electron chi connectivity index (χ4n) is 2.77. The van der Waals surface area contributed by atoms with Gasteiger partial charge in [-0.05, 0) is 48.5 Å². The number of rotatable bonds is 6. The lowest BCUT2D eigenvalue weighted by molar-refractivity contribution is -0.113. The summed E-state index contributed by atoms with van der Waals surface area (Å²) in [6.45, 7) is 0. The van der Waals surface area contributed by atoms with E-state index in [0.29, 0.717) is 22.3 Å². The zero-order chi connectivity index (χ0) is 21.1. The number of aromatic nitrogens is 4. The van der Waals surface area contributed by atoms with Gasteiger partial charge >= 0.3 is 5.56 Å². The van der Waals surface area contributed by atoms with Gasteiger partial charge in [0.25, 0.3) is 0 Å². The van der Waals surface area contributed by atoms with Crippen molar-refractivity contribution >= 4 is 44.9 Å². The average molecular weight is 486 g/mol. The Hall–Kier alpha value is -3.11. The summed E-state index contributed by atoms with van der Waals surface area (Å²) >= 11 is 4.56. The van der Waals surface area contributed by atoms with Crippen LogP contribution in [0.15, 0.2) is 75.3 Å². The summed E-state index contributed by atoms with van der Waals surface area (Å²) in [6, 6.07) is 14.4. The molecular formula is C20H16BrN5O3S. The summed E-state index contributed by atoms with van der Waals surface area (Å²) in [4.78, 5) is 25.0. The van der Waals surface area contributed by atoms with Crippen LogP contribution in [0.5, 0.6) is 5.75 Å². The maximum absolute atomic E-state index is 12.8. The summed E-state index contributed by atoms with van der Waals surface area (Å²) in [6.07, 6.45) is 3.35. The summed E-state index contributed by atoms with van der Waals surface area (Å²) < 4.78 is 9.15. The number of nitrogens with zero attached hydrogens (tertiary/aromatic N) is 4. The molecule has 0 aliphatic rings. The zero-order valence-electron chi connectivity index (χ0n) is 15.8. The first-order valence-electron chi connectivity index (χ1n) is 8.84. The van der Waals surface area contributed by atoms with E-state index in [1.807, 2.05) is 12.1 Å². The Morgan fingerprint density at radius 3 is 2.53 bits per heavy atom. The first-order valence-corrected chi connectivity index (χ1v) is 10.6. The fourth-order valence-corrected chi connectivity index (χ4v) is 3.75. The van der Waals surface area contributed by atoms with Gasteiger partial charge in [-0.25, -0.2) is 0 Å². The molecule has 0 radical (unpaired) electrons. The molecule has 0 saturated heterocycles. The maximum Gasteiger partial charge on any atom is 0.300 e. The molecule has 10 heteroatoms. The van der Waals surface area contributed by atoms with Crippen molar-refractivity contribution in [1.29, 1.82) is 0 Å². The van der Waals surface area contributed by atoms with Gasteiger partial charge in [-0.2, -0.15) is 0 Å². The SMILES string of the molecule is COc1ccc(-n2ccn3c(SCC(=O)Nc4ccc(Br)cc4)nnc3c2=O)cc1. The second-order valence-corrected chi connectivity index (χ2v) is 8.05. The van der Waals surface area contributed by atoms with Gasteiger partial charge in [0.05, 0.1) is 12.9 Å². The number of carbonyl (C=O) groups excluding carboxylic acids is 1. The number of hydrogen-bond acceptors (Lipinski definition) is 6. The third kappa shape index (κ3) is 4.24. The molecule has 30 heavy (non-hydrogen) atoms. The van der Waals surface area contributed by atoms with Gasteiger partial charge in [-0.15, -0.1) is 10.2 Å². The van der Waals surface area contributed by atoms with Crippen molar-refractivity contribution in [1.82, 2.24) is 19.2 Å². The quantitative estimate of drug-likeness (QED) is 0.421. The lowest BCUT2D eigenvalue weighted by Gasteiger charge is -2.07. The second-order valence-electron chi connectivity index (χ2n) is 6.19. The predicted molar refractivity (Wildman–Crippen MR) is 119 cm³/mol. The molecule has 2 aromatic carbocycles. The second kappa shape index (κ2) is 8.72. The Kier molecular flexibility index (Phi) is 5.86. The number of methoxy groups -OCH3 is 1. The Morgan fingerprint density at radius 1 is 1.10 bits per heavy atom. The highest BCUT2D eigenvalue weighted by Crippen LogP contribution is 2.19. The first kappa shape index (κ1) is 20.2. The molecule has 2 heterocycles. The van der Waals surface area contributed by atoms with Crippen LogP contribution in [0.25, 0.3) is 11.3 Å². The third-order valence-electron chi connectivity index (χ3n) is 4.25. The highest BCUT2D eigenvalue weighted by Gasteiger charge is 2.13. The van der Waals surface area contributed by atoms with E-state index < -0.39 is 0 Å². The van der Waals surface area contributed by atoms with Gasteiger partial charge < -0.3 is 10.1 Å². The number of benzene rings is 2. The van der Waals surface area contributed by atoms with E-state index in [2.05, 4.69) is 31.4 Å². The van der Waals surface area contributed by atoms with Gasteiger partial charge in [0.2, 0.25) is 11.6 Å². The summed E-state index contributed by atoms with van der Waals surface area (Å²) in [7, 11) is 1.59. The monoisotopic (exact) mass is 485 g/mol. The average Bonchev–Trinajstić information content (AvgIpc) is 3.18. The Bertz CT molecular complexity index is 1250. The van der Waals surface area contributed by atoms with Gasteiger partial charge in [0.1, 0.15) is 5.75 Å². The van der Waals surface area contributed by atoms with E-state index in [1.54, 1.807) is 60.3 Å². The Labute approximate surface area is 184 Å². The van der Waals surface area contributed by atoms with E-state index in [0.717, 1.165) is 4.47 Å². The lowest BCUT2D eigenvalue weighted by Crippen LogP contribution is -2.20. The third-order valence-corrected chi connectivity index (χ3v) is 5.72. The van der Waals surface area contributed by atoms with Crippen LogP contribution in [0.3, 0.4) is 0 Å².